The van der Waals surface area contributed by atoms with Gasteiger partial charge in [-0.3, -0.25) is 38.4 Å². The predicted molar refractivity (Wildman–Crippen MR) is 402 cm³/mol. The zero-order valence-corrected chi connectivity index (χ0v) is 65.5. The van der Waals surface area contributed by atoms with E-state index in [1.807, 2.05) is 107 Å². The number of ketones is 4. The molecule has 1 unspecified atom stereocenters. The number of nitrogens with two attached hydrogens (primary N) is 1. The number of nitrogens with zero attached hydrogens (tertiary/aromatic N) is 4. The van der Waals surface area contributed by atoms with E-state index in [9.17, 15) is 53.4 Å². The Morgan fingerprint density at radius 2 is 0.971 bits per heavy atom. The number of carboxylic acids is 1. The van der Waals surface area contributed by atoms with Gasteiger partial charge in [-0.15, -0.1) is 12.4 Å². The first-order valence-corrected chi connectivity index (χ1v) is 38.4. The second-order valence-electron chi connectivity index (χ2n) is 33.7. The highest BCUT2D eigenvalue weighted by molar-refractivity contribution is 6.38. The number of aryl methyl sites for hydroxylation is 4. The van der Waals surface area contributed by atoms with Crippen LogP contribution in [0.5, 0.6) is 11.5 Å². The van der Waals surface area contributed by atoms with Gasteiger partial charge in [0, 0.05) is 80.9 Å². The lowest BCUT2D eigenvalue weighted by atomic mass is 9.83. The lowest BCUT2D eigenvalue weighted by Crippen LogP contribution is -2.57. The van der Waals surface area contributed by atoms with E-state index < -0.39 is 81.7 Å². The number of ether oxygens (including phenoxy) is 2. The second kappa shape index (κ2) is 36.7. The molecule has 23 heteroatoms. The summed E-state index contributed by atoms with van der Waals surface area (Å²) >= 11 is 0. The largest absolute Gasteiger partial charge is 0.496 e. The van der Waals surface area contributed by atoms with Crippen LogP contribution in [0.2, 0.25) is 0 Å². The van der Waals surface area contributed by atoms with Gasteiger partial charge in [0.05, 0.1) is 44.8 Å². The maximum Gasteiger partial charge on any atom is 0.326 e. The van der Waals surface area contributed by atoms with Crippen molar-refractivity contribution in [2.24, 2.45) is 56.5 Å². The summed E-state index contributed by atoms with van der Waals surface area (Å²) in [5.74, 6) is -0.963. The van der Waals surface area contributed by atoms with E-state index >= 15 is 0 Å². The molecule has 4 heterocycles. The van der Waals surface area contributed by atoms with Crippen molar-refractivity contribution in [1.29, 1.82) is 0 Å². The first-order valence-electron chi connectivity index (χ1n) is 38.4. The van der Waals surface area contributed by atoms with Crippen molar-refractivity contribution in [1.82, 2.24) is 20.4 Å². The second-order valence-corrected chi connectivity index (χ2v) is 33.7. The highest BCUT2D eigenvalue weighted by atomic mass is 35.5. The molecule has 4 aliphatic carbocycles. The Morgan fingerprint density at radius 1 is 0.587 bits per heavy atom. The minimum Gasteiger partial charge on any atom is -0.496 e. The highest BCUT2D eigenvalue weighted by Gasteiger charge is 2.58. The number of aliphatic hydroxyl groups is 1. The third-order valence-electron chi connectivity index (χ3n) is 22.4. The Labute approximate surface area is 623 Å². The highest BCUT2D eigenvalue weighted by Crippen LogP contribution is 2.44. The van der Waals surface area contributed by atoms with Gasteiger partial charge in [0.25, 0.3) is 0 Å². The Balaban J connectivity index is 0.000000251. The van der Waals surface area contributed by atoms with Crippen LogP contribution >= 0.6 is 12.4 Å². The molecule has 4 saturated carbocycles. The van der Waals surface area contributed by atoms with Crippen molar-refractivity contribution in [2.75, 3.05) is 27.3 Å². The van der Waals surface area contributed by atoms with E-state index in [0.29, 0.717) is 62.7 Å². The van der Waals surface area contributed by atoms with Gasteiger partial charge in [-0.25, -0.2) is 4.79 Å². The summed E-state index contributed by atoms with van der Waals surface area (Å²) in [6.07, 6.45) is 19.5. The molecular formula is C81H122ClN7O15. The summed E-state index contributed by atoms with van der Waals surface area (Å²) in [7, 11) is 3.28. The molecule has 6 N–H and O–H groups in total. The van der Waals surface area contributed by atoms with E-state index in [2.05, 4.69) is 20.9 Å². The molecule has 10 rings (SSSR count). The number of rotatable bonds is 28. The molecule has 578 valence electrons. The van der Waals surface area contributed by atoms with Gasteiger partial charge in [-0.05, 0) is 173 Å². The molecule has 4 amide bonds. The topological polar surface area (TPSA) is 312 Å². The number of nitrogens with one attached hydrogen (secondary N) is 2. The number of hydrogen-bond acceptors (Lipinski definition) is 17. The van der Waals surface area contributed by atoms with Crippen LogP contribution in [0.1, 0.15) is 262 Å². The van der Waals surface area contributed by atoms with Crippen molar-refractivity contribution in [3.63, 3.8) is 0 Å². The fourth-order valence-electron chi connectivity index (χ4n) is 16.3. The van der Waals surface area contributed by atoms with Crippen molar-refractivity contribution in [2.45, 2.75) is 304 Å². The smallest absolute Gasteiger partial charge is 0.326 e. The molecule has 4 aliphatic heterocycles. The molecule has 9 atom stereocenters. The Hall–Kier alpha value is -6.78. The van der Waals surface area contributed by atoms with Crippen molar-refractivity contribution >= 4 is 76.6 Å². The van der Waals surface area contributed by atoms with Crippen molar-refractivity contribution in [3.8, 4) is 11.5 Å². The van der Waals surface area contributed by atoms with Crippen LogP contribution in [0.25, 0.3) is 0 Å². The third-order valence-corrected chi connectivity index (χ3v) is 22.4. The van der Waals surface area contributed by atoms with Crippen molar-refractivity contribution < 1.29 is 72.5 Å². The Bertz CT molecular complexity index is 3420. The molecule has 2 spiro atoms. The SMILES string of the molecule is CCC[C@H](CC(=O)[C@@H]1C[C@]2(CC(c3cc(C)c(OC)c(C)c3)=NO2)CN1C(=O)[C@@H](NC(=O)CC1CCCCC1)C(C)(C)C)C(=O)C(=O)CC1CC1.CCC[C@H](N)C(O)C(=O)CC1CC1.COc1c(C)cc(C2=NO[C@]3(C2)C[C@@H](C(=O)O)N(C(=O)[C@@H](NC(=O)CC2CCCCC2)C(C)(C)C)C3)cc1C.Cl. The quantitative estimate of drug-likeness (QED) is 0.0494. The number of carboxylic acid groups (broad SMARTS) is 1. The molecule has 0 aromatic heterocycles. The van der Waals surface area contributed by atoms with E-state index in [0.717, 1.165) is 146 Å². The summed E-state index contributed by atoms with van der Waals surface area (Å²) in [5.41, 5.74) is 9.63. The van der Waals surface area contributed by atoms with Crippen molar-refractivity contribution in [3.05, 3.63) is 57.6 Å². The molecule has 22 nitrogen and oxygen atoms in total. The summed E-state index contributed by atoms with van der Waals surface area (Å²) in [6, 6.07) is 3.93. The third kappa shape index (κ3) is 22.2. The fraction of sp³-hybridized carbons (Fsp3) is 0.716. The molecule has 0 bridgehead atoms. The average molecular weight is 1470 g/mol. The first-order chi connectivity index (χ1) is 48.6. The number of carbonyl (C=O) groups excluding carboxylic acids is 8. The number of methoxy groups -OCH3 is 2. The monoisotopic (exact) mass is 1470 g/mol. The standard InChI is InChI=1S/C41H59N3O7.C30H43N3O6.C10H19NO2.ClH/c1-8-12-29(36(48)34(46)19-28-15-16-28)21-33(45)32-23-41(22-31(43-51-41)30-17-25(2)37(50-7)26(3)18-30)24-44(32)39(49)38(40(4,5)6)42-35(47)20-27-13-10-9-11-14-27;1-18-12-21(13-19(2)25(18)38-6)22-15-30(39-32-22)16-23(28(36)37)33(17-30)27(35)26(29(3,4)5)31-24(34)14-20-10-8-7-9-11-20;1-2-3-8(11)10(13)9(12)6-7-4-5-7;/h17-18,27-29,32,38H,8-16,19-24H2,1-7H3,(H,42,47);12-13,20,23,26H,7-11,14-17H2,1-6H3,(H,31,34)(H,36,37);7-8,10,13H,2-6,11H2,1H3;1H/t29-,32+,38-,41-;23-,26+,30+;8-,10?;/m100./s1. The molecule has 104 heavy (non-hydrogen) atoms. The maximum atomic E-state index is 14.7. The van der Waals surface area contributed by atoms with Gasteiger partial charge >= 0.3 is 5.97 Å². The summed E-state index contributed by atoms with van der Waals surface area (Å²) < 4.78 is 11.0. The molecule has 0 radical (unpaired) electrons. The Kier molecular flexibility index (Phi) is 29.8. The molecule has 8 aliphatic rings. The van der Waals surface area contributed by atoms with Gasteiger partial charge in [0.2, 0.25) is 29.4 Å². The number of hydrogen-bond donors (Lipinski definition) is 5. The minimum absolute atomic E-state index is 0. The van der Waals surface area contributed by atoms with Gasteiger partial charge in [0.15, 0.2) is 28.6 Å². The normalized spacial score (nSPS) is 23.2. The van der Waals surface area contributed by atoms with E-state index in [1.54, 1.807) is 19.1 Å². The number of benzene rings is 2. The number of aliphatic hydroxyl groups excluding tert-OH is 1. The lowest BCUT2D eigenvalue weighted by Gasteiger charge is -2.36. The summed E-state index contributed by atoms with van der Waals surface area (Å²) in [6.45, 7) is 23.4. The Morgan fingerprint density at radius 3 is 1.35 bits per heavy atom. The van der Waals surface area contributed by atoms with Gasteiger partial charge in [-0.2, -0.15) is 0 Å². The number of halogens is 1. The predicted octanol–water partition coefficient (Wildman–Crippen LogP) is 12.2. The number of likely N-dealkylation sites (tertiary alicyclic amines) is 2. The van der Waals surface area contributed by atoms with Gasteiger partial charge < -0.3 is 55.5 Å². The number of oxime groups is 2. The number of aliphatic carboxylic acids is 1. The zero-order valence-electron chi connectivity index (χ0n) is 64.6. The molecule has 6 fully saturated rings. The summed E-state index contributed by atoms with van der Waals surface area (Å²) in [5, 5.41) is 34.5. The van der Waals surface area contributed by atoms with Gasteiger partial charge in [0.1, 0.15) is 35.7 Å². The molecule has 2 aromatic rings. The van der Waals surface area contributed by atoms with Crippen LogP contribution in [-0.4, -0.2) is 159 Å². The molecule has 2 saturated heterocycles. The first kappa shape index (κ1) is 84.5. The van der Waals surface area contributed by atoms with E-state index in [-0.39, 0.29) is 92.4 Å². The van der Waals surface area contributed by atoms with E-state index in [4.69, 9.17) is 24.9 Å². The van der Waals surface area contributed by atoms with Crippen LogP contribution in [-0.2, 0) is 52.8 Å². The number of carbonyl (C=O) groups is 9. The zero-order chi connectivity index (χ0) is 75.5. The maximum absolute atomic E-state index is 14.7. The van der Waals surface area contributed by atoms with E-state index in [1.165, 1.54) is 17.7 Å². The van der Waals surface area contributed by atoms with Crippen LogP contribution < -0.4 is 25.8 Å². The molecular weight excluding hydrogens is 1350 g/mol. The summed E-state index contributed by atoms with van der Waals surface area (Å²) in [4.78, 5) is 134. The minimum atomic E-state index is -1.09. The van der Waals surface area contributed by atoms with Crippen LogP contribution in [0.15, 0.2) is 34.6 Å². The van der Waals surface area contributed by atoms with Crippen LogP contribution in [0.4, 0.5) is 0 Å². The average Bonchev–Trinajstić information content (AvgIpc) is 1.60. The van der Waals surface area contributed by atoms with Crippen LogP contribution in [0, 0.1) is 68.1 Å². The number of amides is 4. The van der Waals surface area contributed by atoms with Gasteiger partial charge in [-0.1, -0.05) is 117 Å². The number of Topliss-reactive ketones (excluding diaryl/α,β-unsaturated/α-hetero) is 4. The molecule has 2 aromatic carbocycles. The fourth-order valence-corrected chi connectivity index (χ4v) is 16.3. The van der Waals surface area contributed by atoms with Crippen LogP contribution in [0.3, 0.4) is 0 Å². The lowest BCUT2D eigenvalue weighted by molar-refractivity contribution is -0.150.